The lowest BCUT2D eigenvalue weighted by atomic mass is 10.1. The van der Waals surface area contributed by atoms with Gasteiger partial charge in [0.05, 0.1) is 0 Å². The fourth-order valence-corrected chi connectivity index (χ4v) is 1.04. The third kappa shape index (κ3) is 1.83. The molecule has 0 aromatic heterocycles. The molecule has 0 aliphatic carbocycles. The van der Waals surface area contributed by atoms with Gasteiger partial charge in [0.25, 0.3) is 0 Å². The predicted octanol–water partition coefficient (Wildman–Crippen LogP) is 0.930. The van der Waals surface area contributed by atoms with Crippen LogP contribution in [0.4, 0.5) is 5.69 Å². The molecule has 0 radical (unpaired) electrons. The molecule has 0 spiro atoms. The van der Waals surface area contributed by atoms with Gasteiger partial charge in [0, 0.05) is 17.8 Å². The summed E-state index contributed by atoms with van der Waals surface area (Å²) in [5.41, 5.74) is 13.1. The molecule has 4 N–H and O–H groups in total. The molecule has 64 valence electrons. The Hall–Kier alpha value is -1.35. The quantitative estimate of drug-likeness (QED) is 0.504. The van der Waals surface area contributed by atoms with Crippen molar-refractivity contribution in [2.24, 2.45) is 5.73 Å². The molecule has 1 aromatic carbocycles. The van der Waals surface area contributed by atoms with E-state index in [0.29, 0.717) is 17.8 Å². The zero-order valence-corrected chi connectivity index (χ0v) is 7.00. The van der Waals surface area contributed by atoms with Gasteiger partial charge in [-0.3, -0.25) is 4.79 Å². The second kappa shape index (κ2) is 3.36. The monoisotopic (exact) mass is 164 g/mol. The summed E-state index contributed by atoms with van der Waals surface area (Å²) in [5, 5.41) is 0. The van der Waals surface area contributed by atoms with Crippen LogP contribution in [0.2, 0.25) is 0 Å². The van der Waals surface area contributed by atoms with Gasteiger partial charge in [-0.25, -0.2) is 0 Å². The lowest BCUT2D eigenvalue weighted by Gasteiger charge is -2.02. The number of nitrogen functional groups attached to an aromatic ring is 1. The van der Waals surface area contributed by atoms with Crippen LogP contribution in [0.5, 0.6) is 0 Å². The number of anilines is 1. The van der Waals surface area contributed by atoms with E-state index in [1.807, 2.05) is 0 Å². The third-order valence-electron chi connectivity index (χ3n) is 1.66. The van der Waals surface area contributed by atoms with Crippen LogP contribution in [0.1, 0.15) is 22.8 Å². The van der Waals surface area contributed by atoms with Crippen molar-refractivity contribution in [3.63, 3.8) is 0 Å². The lowest BCUT2D eigenvalue weighted by Crippen LogP contribution is -2.01. The summed E-state index contributed by atoms with van der Waals surface area (Å²) in [6.07, 6.45) is 0. The number of benzene rings is 1. The summed E-state index contributed by atoms with van der Waals surface area (Å²) in [6.45, 7) is 1.92. The van der Waals surface area contributed by atoms with E-state index in [9.17, 15) is 4.79 Å². The molecule has 0 heterocycles. The molecule has 3 nitrogen and oxygen atoms in total. The van der Waals surface area contributed by atoms with Crippen molar-refractivity contribution in [2.45, 2.75) is 13.5 Å². The Labute approximate surface area is 71.4 Å². The molecule has 0 saturated heterocycles. The molecule has 0 unspecified atom stereocenters. The molecule has 0 aliphatic heterocycles. The number of carbonyl (C=O) groups is 1. The second-order valence-electron chi connectivity index (χ2n) is 2.72. The number of hydrogen-bond acceptors (Lipinski definition) is 3. The van der Waals surface area contributed by atoms with Gasteiger partial charge >= 0.3 is 0 Å². The number of nitrogens with two attached hydrogens (primary N) is 2. The fraction of sp³-hybridized carbons (Fsp3) is 0.222. The van der Waals surface area contributed by atoms with Crippen LogP contribution in [-0.2, 0) is 6.54 Å². The molecular weight excluding hydrogens is 152 g/mol. The standard InChI is InChI=1S/C9H12N2O/c1-6(12)8-2-7(5-10)3-9(11)4-8/h2-4H,5,10-11H2,1H3. The van der Waals surface area contributed by atoms with Gasteiger partial charge in [0.1, 0.15) is 0 Å². The van der Waals surface area contributed by atoms with E-state index >= 15 is 0 Å². The number of carbonyl (C=O) groups excluding carboxylic acids is 1. The first kappa shape index (κ1) is 8.74. The van der Waals surface area contributed by atoms with Gasteiger partial charge in [-0.05, 0) is 30.7 Å². The third-order valence-corrected chi connectivity index (χ3v) is 1.66. The Morgan fingerprint density at radius 1 is 1.42 bits per heavy atom. The Bertz CT molecular complexity index is 307. The maximum Gasteiger partial charge on any atom is 0.159 e. The first-order valence-corrected chi connectivity index (χ1v) is 3.74. The summed E-state index contributed by atoms with van der Waals surface area (Å²) in [7, 11) is 0. The largest absolute Gasteiger partial charge is 0.399 e. The van der Waals surface area contributed by atoms with E-state index in [0.717, 1.165) is 5.56 Å². The van der Waals surface area contributed by atoms with Crippen LogP contribution in [-0.4, -0.2) is 5.78 Å². The van der Waals surface area contributed by atoms with Gasteiger partial charge < -0.3 is 11.5 Å². The van der Waals surface area contributed by atoms with Crippen molar-refractivity contribution >= 4 is 11.5 Å². The molecule has 0 fully saturated rings. The minimum absolute atomic E-state index is 0.0111. The Morgan fingerprint density at radius 2 is 2.08 bits per heavy atom. The molecule has 0 aliphatic rings. The van der Waals surface area contributed by atoms with Gasteiger partial charge in [-0.1, -0.05) is 0 Å². The average molecular weight is 164 g/mol. The van der Waals surface area contributed by atoms with Crippen molar-refractivity contribution in [2.75, 3.05) is 5.73 Å². The average Bonchev–Trinajstić information content (AvgIpc) is 2.03. The highest BCUT2D eigenvalue weighted by Crippen LogP contribution is 2.11. The summed E-state index contributed by atoms with van der Waals surface area (Å²) in [5.74, 6) is 0.0111. The molecule has 0 amide bonds. The SMILES string of the molecule is CC(=O)c1cc(N)cc(CN)c1. The molecular formula is C9H12N2O. The Kier molecular flexibility index (Phi) is 2.45. The summed E-state index contributed by atoms with van der Waals surface area (Å²) in [6, 6.07) is 5.19. The highest BCUT2D eigenvalue weighted by molar-refractivity contribution is 5.95. The van der Waals surface area contributed by atoms with Crippen molar-refractivity contribution < 1.29 is 4.79 Å². The Balaban J connectivity index is 3.15. The fourth-order valence-electron chi connectivity index (χ4n) is 1.04. The summed E-state index contributed by atoms with van der Waals surface area (Å²) < 4.78 is 0. The van der Waals surface area contributed by atoms with Crippen LogP contribution in [0.25, 0.3) is 0 Å². The van der Waals surface area contributed by atoms with Crippen LogP contribution < -0.4 is 11.5 Å². The molecule has 0 atom stereocenters. The highest BCUT2D eigenvalue weighted by atomic mass is 16.1. The van der Waals surface area contributed by atoms with Crippen LogP contribution in [0.15, 0.2) is 18.2 Å². The van der Waals surface area contributed by atoms with E-state index in [1.165, 1.54) is 6.92 Å². The normalized spacial score (nSPS) is 9.83. The topological polar surface area (TPSA) is 69.1 Å². The van der Waals surface area contributed by atoms with Crippen molar-refractivity contribution in [3.05, 3.63) is 29.3 Å². The van der Waals surface area contributed by atoms with E-state index in [2.05, 4.69) is 0 Å². The van der Waals surface area contributed by atoms with E-state index in [1.54, 1.807) is 18.2 Å². The number of rotatable bonds is 2. The molecule has 0 saturated carbocycles. The summed E-state index contributed by atoms with van der Waals surface area (Å²) in [4.78, 5) is 11.0. The minimum atomic E-state index is 0.0111. The molecule has 1 rings (SSSR count). The van der Waals surface area contributed by atoms with Crippen molar-refractivity contribution in [1.29, 1.82) is 0 Å². The van der Waals surface area contributed by atoms with Gasteiger partial charge in [-0.15, -0.1) is 0 Å². The van der Waals surface area contributed by atoms with Crippen molar-refractivity contribution in [1.82, 2.24) is 0 Å². The van der Waals surface area contributed by atoms with Crippen LogP contribution in [0.3, 0.4) is 0 Å². The first-order chi connectivity index (χ1) is 5.63. The first-order valence-electron chi connectivity index (χ1n) is 3.74. The number of hydrogen-bond donors (Lipinski definition) is 2. The molecule has 1 aromatic rings. The zero-order chi connectivity index (χ0) is 9.14. The highest BCUT2D eigenvalue weighted by Gasteiger charge is 2.01. The molecule has 3 heteroatoms. The van der Waals surface area contributed by atoms with E-state index < -0.39 is 0 Å². The van der Waals surface area contributed by atoms with Crippen LogP contribution in [0, 0.1) is 0 Å². The van der Waals surface area contributed by atoms with Gasteiger partial charge in [0.2, 0.25) is 0 Å². The second-order valence-corrected chi connectivity index (χ2v) is 2.72. The zero-order valence-electron chi connectivity index (χ0n) is 7.00. The van der Waals surface area contributed by atoms with E-state index in [-0.39, 0.29) is 5.78 Å². The van der Waals surface area contributed by atoms with E-state index in [4.69, 9.17) is 11.5 Å². The van der Waals surface area contributed by atoms with Crippen LogP contribution >= 0.6 is 0 Å². The molecule has 12 heavy (non-hydrogen) atoms. The lowest BCUT2D eigenvalue weighted by molar-refractivity contribution is 0.101. The smallest absolute Gasteiger partial charge is 0.159 e. The molecule has 0 bridgehead atoms. The van der Waals surface area contributed by atoms with Crippen molar-refractivity contribution in [3.8, 4) is 0 Å². The number of Topliss-reactive ketones (excluding diaryl/α,β-unsaturated/α-hetero) is 1. The summed E-state index contributed by atoms with van der Waals surface area (Å²) >= 11 is 0. The number of ketones is 1. The maximum atomic E-state index is 11.0. The van der Waals surface area contributed by atoms with Gasteiger partial charge in [0.15, 0.2) is 5.78 Å². The maximum absolute atomic E-state index is 11.0. The Morgan fingerprint density at radius 3 is 2.58 bits per heavy atom. The van der Waals surface area contributed by atoms with Gasteiger partial charge in [-0.2, -0.15) is 0 Å². The predicted molar refractivity (Wildman–Crippen MR) is 48.8 cm³/mol. The minimum Gasteiger partial charge on any atom is -0.399 e.